The monoisotopic (exact) mass is 527 g/mol. The van der Waals surface area contributed by atoms with E-state index in [1.54, 1.807) is 25.1 Å². The molecular formula is C28H37N3O5S. The second-order valence-electron chi connectivity index (χ2n) is 9.76. The van der Waals surface area contributed by atoms with Gasteiger partial charge in [-0.3, -0.25) is 9.59 Å². The Balaban J connectivity index is 1.62. The maximum atomic E-state index is 13.9. The summed E-state index contributed by atoms with van der Waals surface area (Å²) in [6.45, 7) is 5.15. The molecule has 1 aliphatic heterocycles. The molecule has 0 radical (unpaired) electrons. The number of benzene rings is 2. The van der Waals surface area contributed by atoms with Gasteiger partial charge < -0.3 is 15.0 Å². The van der Waals surface area contributed by atoms with E-state index in [1.807, 2.05) is 30.0 Å². The Hall–Kier alpha value is -2.91. The average Bonchev–Trinajstić information content (AvgIpc) is 2.89. The van der Waals surface area contributed by atoms with Gasteiger partial charge in [-0.15, -0.1) is 0 Å². The second-order valence-corrected chi connectivity index (χ2v) is 11.4. The van der Waals surface area contributed by atoms with Crippen molar-refractivity contribution in [3.63, 3.8) is 0 Å². The Morgan fingerprint density at radius 2 is 1.81 bits per heavy atom. The van der Waals surface area contributed by atoms with Crippen molar-refractivity contribution in [3.05, 3.63) is 53.6 Å². The molecule has 8 nitrogen and oxygen atoms in total. The number of aryl methyl sites for hydroxylation is 1. The van der Waals surface area contributed by atoms with Crippen LogP contribution in [0.15, 0.2) is 47.4 Å². The molecule has 0 saturated carbocycles. The van der Waals surface area contributed by atoms with Crippen molar-refractivity contribution >= 4 is 33.3 Å². The molecule has 9 heteroatoms. The quantitative estimate of drug-likeness (QED) is 0.463. The molecule has 1 atom stereocenters. The maximum Gasteiger partial charge on any atom is 0.309 e. The van der Waals surface area contributed by atoms with Gasteiger partial charge in [-0.05, 0) is 74.8 Å². The molecule has 2 aromatic carbocycles. The van der Waals surface area contributed by atoms with Gasteiger partial charge in [-0.2, -0.15) is 0 Å². The van der Waals surface area contributed by atoms with Crippen LogP contribution < -0.4 is 14.9 Å². The van der Waals surface area contributed by atoms with E-state index in [0.717, 1.165) is 24.8 Å². The lowest BCUT2D eigenvalue weighted by Crippen LogP contribution is -2.38. The highest BCUT2D eigenvalue weighted by molar-refractivity contribution is 7.89. The lowest BCUT2D eigenvalue weighted by molar-refractivity contribution is -0.148. The van der Waals surface area contributed by atoms with Crippen LogP contribution in [0.4, 0.5) is 11.4 Å². The van der Waals surface area contributed by atoms with Gasteiger partial charge in [0.2, 0.25) is 15.9 Å². The molecule has 200 valence electrons. The molecule has 1 aliphatic carbocycles. The van der Waals surface area contributed by atoms with Crippen LogP contribution in [-0.4, -0.2) is 40.0 Å². The number of amides is 1. The van der Waals surface area contributed by atoms with Crippen LogP contribution in [-0.2, 0) is 30.8 Å². The third-order valence-electron chi connectivity index (χ3n) is 7.13. The summed E-state index contributed by atoms with van der Waals surface area (Å²) in [5.41, 5.74) is 3.21. The summed E-state index contributed by atoms with van der Waals surface area (Å²) in [6.07, 6.45) is 4.83. The van der Waals surface area contributed by atoms with E-state index in [9.17, 15) is 18.0 Å². The molecule has 2 aromatic rings. The highest BCUT2D eigenvalue weighted by atomic mass is 32.2. The number of rotatable bonds is 9. The Labute approximate surface area is 219 Å². The predicted octanol–water partition coefficient (Wildman–Crippen LogP) is 4.56. The molecule has 37 heavy (non-hydrogen) atoms. The lowest BCUT2D eigenvalue weighted by Gasteiger charge is -2.34. The van der Waals surface area contributed by atoms with E-state index in [-0.39, 0.29) is 28.7 Å². The van der Waals surface area contributed by atoms with E-state index < -0.39 is 10.0 Å². The molecule has 0 bridgehead atoms. The second kappa shape index (κ2) is 12.1. The van der Waals surface area contributed by atoms with Crippen LogP contribution in [0.5, 0.6) is 0 Å². The molecule has 2 aliphatic rings. The van der Waals surface area contributed by atoms with Crippen molar-refractivity contribution < 1.29 is 22.7 Å². The third kappa shape index (κ3) is 6.51. The van der Waals surface area contributed by atoms with Gasteiger partial charge in [-0.1, -0.05) is 31.2 Å². The summed E-state index contributed by atoms with van der Waals surface area (Å²) in [6, 6.07) is 12.7. The van der Waals surface area contributed by atoms with E-state index >= 15 is 0 Å². The number of hydrogen-bond donors (Lipinski definition) is 2. The molecule has 1 heterocycles. The number of ether oxygens (including phenoxy) is 1. The highest BCUT2D eigenvalue weighted by Crippen LogP contribution is 2.35. The van der Waals surface area contributed by atoms with Gasteiger partial charge in [0, 0.05) is 31.2 Å². The first-order chi connectivity index (χ1) is 17.8. The van der Waals surface area contributed by atoms with Crippen LogP contribution in [0.1, 0.15) is 69.5 Å². The Kier molecular flexibility index (Phi) is 8.87. The molecule has 4 rings (SSSR count). The van der Waals surface area contributed by atoms with Crippen molar-refractivity contribution in [2.45, 2.75) is 69.7 Å². The predicted molar refractivity (Wildman–Crippen MR) is 144 cm³/mol. The number of piperidine rings is 1. The normalized spacial score (nSPS) is 18.2. The summed E-state index contributed by atoms with van der Waals surface area (Å²) >= 11 is 0. The third-order valence-corrected chi connectivity index (χ3v) is 8.63. The topological polar surface area (TPSA) is 105 Å². The van der Waals surface area contributed by atoms with E-state index in [0.29, 0.717) is 56.8 Å². The molecule has 2 N–H and O–H groups in total. The molecule has 1 fully saturated rings. The molecule has 1 amide bonds. The van der Waals surface area contributed by atoms with E-state index in [4.69, 9.17) is 4.74 Å². The number of carbonyl (C=O) groups is 2. The molecule has 0 spiro atoms. The summed E-state index contributed by atoms with van der Waals surface area (Å²) in [5, 5.41) is 2.83. The number of nitrogens with zero attached hydrogens (tertiary/aromatic N) is 1. The minimum absolute atomic E-state index is 0.138. The summed E-state index contributed by atoms with van der Waals surface area (Å²) in [4.78, 5) is 26.6. The molecule has 0 unspecified atom stereocenters. The highest BCUT2D eigenvalue weighted by Gasteiger charge is 2.32. The first-order valence-electron chi connectivity index (χ1n) is 13.3. The maximum absolute atomic E-state index is 13.9. The standard InChI is InChI=1S/C28H37N3O5S/c1-3-8-27(32)29-22-13-14-25(31-17-15-21(16-18-31)28(33)36-4-2)26(19-22)37(34,35)30-24-12-7-10-20-9-5-6-11-23(20)24/h5-6,9,11,13-14,19,21,24,30H,3-4,7-8,10,12,15-18H2,1-2H3,(H,29,32)/t24-/m1/s1. The van der Waals surface area contributed by atoms with Crippen LogP contribution in [0.25, 0.3) is 0 Å². The van der Waals surface area contributed by atoms with Crippen LogP contribution in [0.2, 0.25) is 0 Å². The smallest absolute Gasteiger partial charge is 0.309 e. The van der Waals surface area contributed by atoms with Crippen molar-refractivity contribution in [2.24, 2.45) is 5.92 Å². The van der Waals surface area contributed by atoms with Gasteiger partial charge in [0.05, 0.1) is 18.2 Å². The van der Waals surface area contributed by atoms with Crippen molar-refractivity contribution in [3.8, 4) is 0 Å². The van der Waals surface area contributed by atoms with Crippen molar-refractivity contribution in [2.75, 3.05) is 29.9 Å². The molecule has 0 aromatic heterocycles. The number of esters is 1. The Morgan fingerprint density at radius 3 is 2.54 bits per heavy atom. The van der Waals surface area contributed by atoms with Gasteiger partial charge in [0.15, 0.2) is 0 Å². The van der Waals surface area contributed by atoms with Gasteiger partial charge >= 0.3 is 5.97 Å². The zero-order chi connectivity index (χ0) is 26.4. The van der Waals surface area contributed by atoms with E-state index in [2.05, 4.69) is 16.1 Å². The Morgan fingerprint density at radius 1 is 1.05 bits per heavy atom. The Bertz CT molecular complexity index is 1220. The van der Waals surface area contributed by atoms with E-state index in [1.165, 1.54) is 5.56 Å². The van der Waals surface area contributed by atoms with Crippen LogP contribution in [0, 0.1) is 5.92 Å². The first kappa shape index (κ1) is 27.1. The fraction of sp³-hybridized carbons (Fsp3) is 0.500. The van der Waals surface area contributed by atoms with Crippen LogP contribution >= 0.6 is 0 Å². The fourth-order valence-electron chi connectivity index (χ4n) is 5.26. The SMILES string of the molecule is CCCC(=O)Nc1ccc(N2CCC(C(=O)OCC)CC2)c(S(=O)(=O)N[C@@H]2CCCc3ccccc32)c1. The van der Waals surface area contributed by atoms with Crippen molar-refractivity contribution in [1.82, 2.24) is 4.72 Å². The van der Waals surface area contributed by atoms with Crippen LogP contribution in [0.3, 0.4) is 0 Å². The number of sulfonamides is 1. The summed E-state index contributed by atoms with van der Waals surface area (Å²) < 4.78 is 35.9. The number of nitrogens with one attached hydrogen (secondary N) is 2. The van der Waals surface area contributed by atoms with Gasteiger partial charge in [0.25, 0.3) is 0 Å². The zero-order valence-electron chi connectivity index (χ0n) is 21.7. The minimum Gasteiger partial charge on any atom is -0.466 e. The zero-order valence-corrected chi connectivity index (χ0v) is 22.5. The number of carbonyl (C=O) groups excluding carboxylic acids is 2. The number of fused-ring (bicyclic) bond motifs is 1. The van der Waals surface area contributed by atoms with Crippen molar-refractivity contribution in [1.29, 1.82) is 0 Å². The average molecular weight is 528 g/mol. The fourth-order valence-corrected chi connectivity index (χ4v) is 6.76. The first-order valence-corrected chi connectivity index (χ1v) is 14.8. The largest absolute Gasteiger partial charge is 0.466 e. The molecule has 1 saturated heterocycles. The summed E-state index contributed by atoms with van der Waals surface area (Å²) in [5.74, 6) is -0.523. The minimum atomic E-state index is -3.93. The van der Waals surface area contributed by atoms with Gasteiger partial charge in [0.1, 0.15) is 4.90 Å². The number of anilines is 2. The molecular weight excluding hydrogens is 490 g/mol. The van der Waals surface area contributed by atoms with Gasteiger partial charge in [-0.25, -0.2) is 13.1 Å². The lowest BCUT2D eigenvalue weighted by atomic mass is 9.88. The summed E-state index contributed by atoms with van der Waals surface area (Å²) in [7, 11) is -3.93. The number of hydrogen-bond acceptors (Lipinski definition) is 6.